The smallest absolute Gasteiger partial charge is 0.242 e. The van der Waals surface area contributed by atoms with Gasteiger partial charge in [-0.2, -0.15) is 4.31 Å². The Morgan fingerprint density at radius 3 is 2.15 bits per heavy atom. The van der Waals surface area contributed by atoms with E-state index in [1.165, 1.54) is 18.2 Å². The van der Waals surface area contributed by atoms with Crippen molar-refractivity contribution in [1.29, 1.82) is 0 Å². The molecule has 2 aromatic carbocycles. The summed E-state index contributed by atoms with van der Waals surface area (Å²) in [5.74, 6) is -1.06. The number of nitrogens with one attached hydrogen (secondary N) is 1. The Hall–Kier alpha value is -1.64. The molecule has 1 heterocycles. The van der Waals surface area contributed by atoms with Crippen LogP contribution >= 0.6 is 11.6 Å². The van der Waals surface area contributed by atoms with E-state index in [2.05, 4.69) is 4.72 Å². The van der Waals surface area contributed by atoms with E-state index in [4.69, 9.17) is 11.6 Å². The lowest BCUT2D eigenvalue weighted by Gasteiger charge is -2.35. The number of hydrogen-bond acceptors (Lipinski definition) is 6. The van der Waals surface area contributed by atoms with Crippen LogP contribution in [-0.4, -0.2) is 61.1 Å². The first kappa shape index (κ1) is 26.0. The van der Waals surface area contributed by atoms with Gasteiger partial charge in [-0.15, -0.1) is 0 Å². The SMILES string of the molecule is CS(=O)(=O)NCC1(F)CCN(S(=O)(=O)c2ccc(Cl)cc2S(=O)(=O)c2ccccc2F)CC1. The molecular weight excluding hydrogens is 522 g/mol. The Morgan fingerprint density at radius 2 is 1.58 bits per heavy atom. The molecule has 0 aromatic heterocycles. The fourth-order valence-corrected chi connectivity index (χ4v) is 7.72. The van der Waals surface area contributed by atoms with E-state index in [9.17, 15) is 34.0 Å². The molecular formula is C19H21ClF2N2O6S3. The van der Waals surface area contributed by atoms with Crippen LogP contribution in [-0.2, 0) is 29.9 Å². The first-order chi connectivity index (χ1) is 15.2. The molecule has 1 saturated heterocycles. The Kier molecular flexibility index (Phi) is 7.23. The highest BCUT2D eigenvalue weighted by atomic mass is 35.5. The maximum Gasteiger partial charge on any atom is 0.244 e. The lowest BCUT2D eigenvalue weighted by molar-refractivity contribution is 0.0933. The van der Waals surface area contributed by atoms with Crippen molar-refractivity contribution in [3.8, 4) is 0 Å². The average molecular weight is 543 g/mol. The summed E-state index contributed by atoms with van der Waals surface area (Å²) in [5.41, 5.74) is -1.96. The van der Waals surface area contributed by atoms with Crippen LogP contribution in [0.5, 0.6) is 0 Å². The predicted octanol–water partition coefficient (Wildman–Crippen LogP) is 2.35. The van der Waals surface area contributed by atoms with Gasteiger partial charge in [0.05, 0.1) is 11.2 Å². The van der Waals surface area contributed by atoms with Crippen molar-refractivity contribution in [2.75, 3.05) is 25.9 Å². The third kappa shape index (κ3) is 5.72. The Bertz CT molecular complexity index is 1370. The molecule has 0 radical (unpaired) electrons. The summed E-state index contributed by atoms with van der Waals surface area (Å²) in [6.07, 6.45) is 0.267. The van der Waals surface area contributed by atoms with E-state index in [0.717, 1.165) is 34.8 Å². The van der Waals surface area contributed by atoms with Crippen LogP contribution in [0.25, 0.3) is 0 Å². The van der Waals surface area contributed by atoms with E-state index >= 15 is 0 Å². The number of halogens is 3. The van der Waals surface area contributed by atoms with E-state index in [1.54, 1.807) is 0 Å². The highest BCUT2D eigenvalue weighted by Crippen LogP contribution is 2.35. The normalized spacial score (nSPS) is 17.7. The van der Waals surface area contributed by atoms with Crippen LogP contribution in [0.15, 0.2) is 57.2 Å². The number of piperidine rings is 1. The maximum atomic E-state index is 15.0. The summed E-state index contributed by atoms with van der Waals surface area (Å²) < 4.78 is 108. The molecule has 0 bridgehead atoms. The van der Waals surface area contributed by atoms with Crippen LogP contribution in [0.4, 0.5) is 8.78 Å². The largest absolute Gasteiger partial charge is 0.244 e. The Labute approximate surface area is 196 Å². The lowest BCUT2D eigenvalue weighted by Crippen LogP contribution is -2.49. The molecule has 1 aliphatic heterocycles. The zero-order chi connectivity index (χ0) is 24.7. The molecule has 0 aliphatic carbocycles. The van der Waals surface area contributed by atoms with Crippen LogP contribution in [0, 0.1) is 5.82 Å². The molecule has 0 unspecified atom stereocenters. The summed E-state index contributed by atoms with van der Waals surface area (Å²) in [6, 6.07) is 7.65. The minimum atomic E-state index is -4.61. The number of sulfonamides is 2. The van der Waals surface area contributed by atoms with E-state index in [0.29, 0.717) is 0 Å². The van der Waals surface area contributed by atoms with Crippen LogP contribution in [0.2, 0.25) is 5.02 Å². The minimum Gasteiger partial charge on any atom is -0.242 e. The molecule has 14 heteroatoms. The van der Waals surface area contributed by atoms with Gasteiger partial charge in [0.25, 0.3) is 0 Å². The second-order valence-corrected chi connectivity index (χ2v) is 13.7. The van der Waals surface area contributed by atoms with Gasteiger partial charge in [-0.3, -0.25) is 0 Å². The molecule has 182 valence electrons. The molecule has 0 spiro atoms. The summed E-state index contributed by atoms with van der Waals surface area (Å²) >= 11 is 5.92. The zero-order valence-electron chi connectivity index (χ0n) is 17.3. The van der Waals surface area contributed by atoms with Gasteiger partial charge in [0.1, 0.15) is 21.3 Å². The van der Waals surface area contributed by atoms with Crippen molar-refractivity contribution in [2.24, 2.45) is 0 Å². The van der Waals surface area contributed by atoms with E-state index in [1.807, 2.05) is 0 Å². The molecule has 0 saturated carbocycles. The molecule has 1 aliphatic rings. The maximum absolute atomic E-state index is 15.0. The second-order valence-electron chi connectivity index (χ2n) is 7.67. The van der Waals surface area contributed by atoms with Gasteiger partial charge in [0.2, 0.25) is 29.9 Å². The third-order valence-electron chi connectivity index (χ3n) is 5.21. The molecule has 8 nitrogen and oxygen atoms in total. The van der Waals surface area contributed by atoms with Crippen molar-refractivity contribution >= 4 is 41.5 Å². The summed E-state index contributed by atoms with van der Waals surface area (Å²) in [5, 5.41) is -0.0721. The fraction of sp³-hybridized carbons (Fsp3) is 0.368. The van der Waals surface area contributed by atoms with Gasteiger partial charge in [0, 0.05) is 24.7 Å². The van der Waals surface area contributed by atoms with Crippen molar-refractivity contribution in [3.05, 3.63) is 53.3 Å². The molecule has 2 aromatic rings. The number of rotatable bonds is 7. The highest BCUT2D eigenvalue weighted by molar-refractivity contribution is 7.93. The molecule has 1 fully saturated rings. The topological polar surface area (TPSA) is 118 Å². The van der Waals surface area contributed by atoms with Crippen molar-refractivity contribution in [2.45, 2.75) is 33.2 Å². The van der Waals surface area contributed by atoms with Gasteiger partial charge in [-0.25, -0.2) is 38.8 Å². The standard InChI is InChI=1S/C19H21ClF2N2O6S3/c1-31(25,26)23-13-19(22)8-10-24(11-9-19)33(29,30)17-7-6-14(20)12-18(17)32(27,28)16-5-3-2-4-15(16)21/h2-7,12,23H,8-11,13H2,1H3. The number of benzene rings is 2. The number of hydrogen-bond donors (Lipinski definition) is 1. The Balaban J connectivity index is 1.95. The lowest BCUT2D eigenvalue weighted by atomic mass is 9.95. The van der Waals surface area contributed by atoms with Gasteiger partial charge in [-0.05, 0) is 43.2 Å². The van der Waals surface area contributed by atoms with Gasteiger partial charge in [-0.1, -0.05) is 23.7 Å². The first-order valence-corrected chi connectivity index (χ1v) is 14.8. The second kappa shape index (κ2) is 9.19. The number of nitrogens with zero attached hydrogens (tertiary/aromatic N) is 1. The van der Waals surface area contributed by atoms with Crippen molar-refractivity contribution in [1.82, 2.24) is 9.03 Å². The van der Waals surface area contributed by atoms with Gasteiger partial charge in [0.15, 0.2) is 0 Å². The van der Waals surface area contributed by atoms with E-state index < -0.39 is 62.6 Å². The van der Waals surface area contributed by atoms with Crippen molar-refractivity contribution in [3.63, 3.8) is 0 Å². The summed E-state index contributed by atoms with van der Waals surface area (Å²) in [4.78, 5) is -2.02. The first-order valence-electron chi connectivity index (χ1n) is 9.59. The van der Waals surface area contributed by atoms with Crippen LogP contribution < -0.4 is 4.72 Å². The molecule has 0 atom stereocenters. The Morgan fingerprint density at radius 1 is 0.970 bits per heavy atom. The molecule has 0 amide bonds. The highest BCUT2D eigenvalue weighted by Gasteiger charge is 2.41. The van der Waals surface area contributed by atoms with Crippen molar-refractivity contribution < 1.29 is 34.0 Å². The average Bonchev–Trinajstić information content (AvgIpc) is 2.72. The third-order valence-corrected chi connectivity index (χ3v) is 10.0. The minimum absolute atomic E-state index is 0.0721. The molecule has 33 heavy (non-hydrogen) atoms. The monoisotopic (exact) mass is 542 g/mol. The summed E-state index contributed by atoms with van der Waals surface area (Å²) in [6.45, 7) is -1.13. The van der Waals surface area contributed by atoms with Gasteiger partial charge >= 0.3 is 0 Å². The molecule has 1 N–H and O–H groups in total. The number of sulfone groups is 1. The van der Waals surface area contributed by atoms with Crippen LogP contribution in [0.1, 0.15) is 12.8 Å². The zero-order valence-corrected chi connectivity index (χ0v) is 20.5. The molecule has 3 rings (SSSR count). The van der Waals surface area contributed by atoms with E-state index in [-0.39, 0.29) is 31.0 Å². The van der Waals surface area contributed by atoms with Gasteiger partial charge < -0.3 is 0 Å². The predicted molar refractivity (Wildman–Crippen MR) is 118 cm³/mol. The fourth-order valence-electron chi connectivity index (χ4n) is 3.39. The van der Waals surface area contributed by atoms with Crippen LogP contribution in [0.3, 0.4) is 0 Å². The quantitative estimate of drug-likeness (QED) is 0.574. The number of alkyl halides is 1. The summed E-state index contributed by atoms with van der Waals surface area (Å²) in [7, 11) is -12.7.